The summed E-state index contributed by atoms with van der Waals surface area (Å²) in [7, 11) is 0. The second-order valence-electron chi connectivity index (χ2n) is 4.60. The highest BCUT2D eigenvalue weighted by molar-refractivity contribution is 6.30. The highest BCUT2D eigenvalue weighted by atomic mass is 35.5. The lowest BCUT2D eigenvalue weighted by atomic mass is 10.2. The van der Waals surface area contributed by atoms with Gasteiger partial charge in [0.15, 0.2) is 0 Å². The third-order valence-electron chi connectivity index (χ3n) is 2.81. The number of carbonyl (C=O) groups excluding carboxylic acids is 1. The predicted octanol–water partition coefficient (Wildman–Crippen LogP) is 3.68. The Morgan fingerprint density at radius 1 is 1.19 bits per heavy atom. The molecular formula is C16H15ClFNO2. The van der Waals surface area contributed by atoms with Crippen molar-refractivity contribution in [1.82, 2.24) is 5.32 Å². The molecule has 0 aliphatic heterocycles. The number of nitrogens with one attached hydrogen (secondary N) is 1. The molecule has 2 rings (SSSR count). The van der Waals surface area contributed by atoms with E-state index in [1.54, 1.807) is 24.3 Å². The van der Waals surface area contributed by atoms with Gasteiger partial charge in [0.2, 0.25) is 0 Å². The SMILES string of the molecule is C[C@H](CNC(=O)c1ccc(F)cc1)Oc1ccc(Cl)cc1. The van der Waals surface area contributed by atoms with Crippen LogP contribution in [0.2, 0.25) is 5.02 Å². The molecule has 2 aromatic carbocycles. The number of benzene rings is 2. The minimum absolute atomic E-state index is 0.199. The van der Waals surface area contributed by atoms with Gasteiger partial charge in [-0.2, -0.15) is 0 Å². The monoisotopic (exact) mass is 307 g/mol. The largest absolute Gasteiger partial charge is 0.489 e. The first-order valence-electron chi connectivity index (χ1n) is 6.50. The van der Waals surface area contributed by atoms with E-state index in [4.69, 9.17) is 16.3 Å². The highest BCUT2D eigenvalue weighted by Crippen LogP contribution is 2.16. The van der Waals surface area contributed by atoms with Crippen molar-refractivity contribution >= 4 is 17.5 Å². The van der Waals surface area contributed by atoms with Crippen molar-refractivity contribution in [2.24, 2.45) is 0 Å². The Kier molecular flexibility index (Phi) is 5.17. The van der Waals surface area contributed by atoms with Crippen LogP contribution in [0.5, 0.6) is 5.75 Å². The first kappa shape index (κ1) is 15.3. The Bertz CT molecular complexity index is 599. The van der Waals surface area contributed by atoms with Gasteiger partial charge < -0.3 is 10.1 Å². The lowest BCUT2D eigenvalue weighted by Gasteiger charge is -2.15. The van der Waals surface area contributed by atoms with Crippen LogP contribution in [0.15, 0.2) is 48.5 Å². The minimum Gasteiger partial charge on any atom is -0.489 e. The van der Waals surface area contributed by atoms with Crippen LogP contribution in [-0.4, -0.2) is 18.6 Å². The molecule has 110 valence electrons. The molecule has 0 aliphatic carbocycles. The summed E-state index contributed by atoms with van der Waals surface area (Å²) < 4.78 is 18.4. The van der Waals surface area contributed by atoms with Gasteiger partial charge in [-0.25, -0.2) is 4.39 Å². The molecule has 0 unspecified atom stereocenters. The van der Waals surface area contributed by atoms with Gasteiger partial charge in [-0.15, -0.1) is 0 Å². The Morgan fingerprint density at radius 2 is 1.81 bits per heavy atom. The van der Waals surface area contributed by atoms with Crippen LogP contribution in [0.4, 0.5) is 4.39 Å². The fourth-order valence-corrected chi connectivity index (χ4v) is 1.85. The summed E-state index contributed by atoms with van der Waals surface area (Å²) in [6.45, 7) is 2.19. The molecular weight excluding hydrogens is 293 g/mol. The zero-order valence-electron chi connectivity index (χ0n) is 11.5. The van der Waals surface area contributed by atoms with E-state index >= 15 is 0 Å². The summed E-state index contributed by atoms with van der Waals surface area (Å²) in [4.78, 5) is 11.9. The molecule has 0 fully saturated rings. The second-order valence-corrected chi connectivity index (χ2v) is 5.04. The lowest BCUT2D eigenvalue weighted by molar-refractivity contribution is 0.0932. The molecule has 1 amide bonds. The van der Waals surface area contributed by atoms with E-state index in [2.05, 4.69) is 5.32 Å². The normalized spacial score (nSPS) is 11.8. The second kappa shape index (κ2) is 7.09. The molecule has 21 heavy (non-hydrogen) atoms. The number of carbonyl (C=O) groups is 1. The van der Waals surface area contributed by atoms with Crippen molar-refractivity contribution in [3.8, 4) is 5.75 Å². The molecule has 0 radical (unpaired) electrons. The number of amides is 1. The van der Waals surface area contributed by atoms with E-state index in [0.29, 0.717) is 22.9 Å². The third-order valence-corrected chi connectivity index (χ3v) is 3.06. The van der Waals surface area contributed by atoms with Crippen LogP contribution in [0.1, 0.15) is 17.3 Å². The summed E-state index contributed by atoms with van der Waals surface area (Å²) in [6, 6.07) is 12.4. The molecule has 0 aliphatic rings. The molecule has 0 spiro atoms. The van der Waals surface area contributed by atoms with Crippen LogP contribution in [0.3, 0.4) is 0 Å². The number of rotatable bonds is 5. The first-order valence-corrected chi connectivity index (χ1v) is 6.88. The Labute approximate surface area is 127 Å². The van der Waals surface area contributed by atoms with Crippen molar-refractivity contribution in [3.05, 3.63) is 64.9 Å². The van der Waals surface area contributed by atoms with Gasteiger partial charge in [0, 0.05) is 10.6 Å². The van der Waals surface area contributed by atoms with E-state index < -0.39 is 0 Å². The van der Waals surface area contributed by atoms with E-state index in [9.17, 15) is 9.18 Å². The maximum absolute atomic E-state index is 12.8. The summed E-state index contributed by atoms with van der Waals surface area (Å²) in [6.07, 6.45) is -0.199. The van der Waals surface area contributed by atoms with Crippen LogP contribution >= 0.6 is 11.6 Å². The standard InChI is InChI=1S/C16H15ClFNO2/c1-11(21-15-8-4-13(17)5-9-15)10-19-16(20)12-2-6-14(18)7-3-12/h2-9,11H,10H2,1H3,(H,19,20)/t11-/m1/s1. The summed E-state index contributed by atoms with van der Waals surface area (Å²) >= 11 is 5.79. The molecule has 3 nitrogen and oxygen atoms in total. The summed E-state index contributed by atoms with van der Waals surface area (Å²) in [5, 5.41) is 3.38. The number of ether oxygens (including phenoxy) is 1. The van der Waals surface area contributed by atoms with E-state index in [-0.39, 0.29) is 17.8 Å². The third kappa shape index (κ3) is 4.76. The molecule has 0 saturated carbocycles. The number of halogens is 2. The molecule has 1 atom stereocenters. The first-order chi connectivity index (χ1) is 10.0. The number of hydrogen-bond donors (Lipinski definition) is 1. The molecule has 5 heteroatoms. The molecule has 1 N–H and O–H groups in total. The zero-order chi connectivity index (χ0) is 15.2. The van der Waals surface area contributed by atoms with Gasteiger partial charge in [-0.3, -0.25) is 4.79 Å². The van der Waals surface area contributed by atoms with Crippen molar-refractivity contribution in [1.29, 1.82) is 0 Å². The van der Waals surface area contributed by atoms with Gasteiger partial charge in [-0.1, -0.05) is 11.6 Å². The Morgan fingerprint density at radius 3 is 2.43 bits per heavy atom. The topological polar surface area (TPSA) is 38.3 Å². The maximum atomic E-state index is 12.8. The van der Waals surface area contributed by atoms with Crippen LogP contribution in [0, 0.1) is 5.82 Å². The van der Waals surface area contributed by atoms with Crippen LogP contribution < -0.4 is 10.1 Å². The van der Waals surface area contributed by atoms with Gasteiger partial charge in [0.1, 0.15) is 17.7 Å². The molecule has 2 aromatic rings. The molecule has 0 bridgehead atoms. The average Bonchev–Trinajstić information content (AvgIpc) is 2.48. The van der Waals surface area contributed by atoms with E-state index in [0.717, 1.165) is 0 Å². The van der Waals surface area contributed by atoms with Gasteiger partial charge >= 0.3 is 0 Å². The smallest absolute Gasteiger partial charge is 0.251 e. The van der Waals surface area contributed by atoms with Crippen molar-refractivity contribution in [2.45, 2.75) is 13.0 Å². The lowest BCUT2D eigenvalue weighted by Crippen LogP contribution is -2.33. The minimum atomic E-state index is -0.369. The zero-order valence-corrected chi connectivity index (χ0v) is 12.2. The van der Waals surface area contributed by atoms with Gasteiger partial charge in [0.05, 0.1) is 6.54 Å². The molecule has 0 saturated heterocycles. The number of hydrogen-bond acceptors (Lipinski definition) is 2. The van der Waals surface area contributed by atoms with Gasteiger partial charge in [0.25, 0.3) is 5.91 Å². The molecule has 0 heterocycles. The molecule has 0 aromatic heterocycles. The van der Waals surface area contributed by atoms with Crippen LogP contribution in [-0.2, 0) is 0 Å². The van der Waals surface area contributed by atoms with Crippen molar-refractivity contribution in [3.63, 3.8) is 0 Å². The summed E-state index contributed by atoms with van der Waals surface area (Å²) in [5.74, 6) is 0.0514. The quantitative estimate of drug-likeness (QED) is 0.915. The van der Waals surface area contributed by atoms with Crippen molar-refractivity contribution < 1.29 is 13.9 Å². The maximum Gasteiger partial charge on any atom is 0.251 e. The van der Waals surface area contributed by atoms with E-state index in [1.807, 2.05) is 6.92 Å². The Hall–Kier alpha value is -2.07. The van der Waals surface area contributed by atoms with Crippen molar-refractivity contribution in [2.75, 3.05) is 6.54 Å². The fourth-order valence-electron chi connectivity index (χ4n) is 1.73. The Balaban J connectivity index is 1.83. The summed E-state index contributed by atoms with van der Waals surface area (Å²) in [5.41, 5.74) is 0.412. The van der Waals surface area contributed by atoms with Gasteiger partial charge in [-0.05, 0) is 55.5 Å². The van der Waals surface area contributed by atoms with Crippen LogP contribution in [0.25, 0.3) is 0 Å². The fraction of sp³-hybridized carbons (Fsp3) is 0.188. The van der Waals surface area contributed by atoms with E-state index in [1.165, 1.54) is 24.3 Å². The highest BCUT2D eigenvalue weighted by Gasteiger charge is 2.09. The average molecular weight is 308 g/mol. The predicted molar refractivity (Wildman–Crippen MR) is 80.3 cm³/mol.